The van der Waals surface area contributed by atoms with Crippen LogP contribution in [0, 0.1) is 10.5 Å². The highest BCUT2D eigenvalue weighted by Gasteiger charge is 2.34. The Morgan fingerprint density at radius 1 is 1.19 bits per heavy atom. The predicted molar refractivity (Wildman–Crippen MR) is 129 cm³/mol. The fourth-order valence-corrected chi connectivity index (χ4v) is 4.48. The van der Waals surface area contributed by atoms with Crippen LogP contribution >= 0.6 is 34.2 Å². The van der Waals surface area contributed by atoms with Gasteiger partial charge in [-0.3, -0.25) is 4.79 Å². The summed E-state index contributed by atoms with van der Waals surface area (Å²) < 4.78 is 40.5. The zero-order chi connectivity index (χ0) is 26.2. The van der Waals surface area contributed by atoms with E-state index in [0.717, 1.165) is 4.80 Å². The van der Waals surface area contributed by atoms with Gasteiger partial charge in [-0.05, 0) is 71.0 Å². The van der Waals surface area contributed by atoms with E-state index in [9.17, 15) is 27.9 Å². The zero-order valence-corrected chi connectivity index (χ0v) is 21.2. The van der Waals surface area contributed by atoms with E-state index < -0.39 is 23.6 Å². The molecule has 3 heterocycles. The first kappa shape index (κ1) is 25.8. The van der Waals surface area contributed by atoms with Gasteiger partial charge in [0.05, 0.1) is 22.5 Å². The van der Waals surface area contributed by atoms with Crippen molar-refractivity contribution in [2.24, 2.45) is 0 Å². The minimum atomic E-state index is -4.66. The molecule has 0 radical (unpaired) electrons. The van der Waals surface area contributed by atoms with Gasteiger partial charge in [-0.25, -0.2) is 14.5 Å². The van der Waals surface area contributed by atoms with Crippen LogP contribution in [0.2, 0.25) is 5.02 Å². The Morgan fingerprint density at radius 3 is 2.58 bits per heavy atom. The second-order valence-electron chi connectivity index (χ2n) is 7.65. The standard InChI is InChI=1S/C22H15ClF3IN6O3/c1-11-5-12(27)6-15(21(35)36)14(11)8-18(34)17-7-13(10-32-29-9-19(31-32)22(24,25)26)30-33(17)20-16(23)3-2-4-28-20/h2-7,9H,8,10H2,1H3,(H,35,36). The van der Waals surface area contributed by atoms with E-state index in [0.29, 0.717) is 20.9 Å². The molecule has 9 nitrogen and oxygen atoms in total. The topological polar surface area (TPSA) is 116 Å². The molecule has 186 valence electrons. The van der Waals surface area contributed by atoms with Crippen LogP contribution in [0.15, 0.2) is 42.7 Å². The molecule has 1 N–H and O–H groups in total. The maximum Gasteiger partial charge on any atom is 0.436 e. The van der Waals surface area contributed by atoms with Crippen LogP contribution in [0.1, 0.15) is 43.4 Å². The molecule has 0 aliphatic heterocycles. The maximum atomic E-state index is 13.4. The first-order chi connectivity index (χ1) is 16.9. The highest BCUT2D eigenvalue weighted by Crippen LogP contribution is 2.27. The summed E-state index contributed by atoms with van der Waals surface area (Å²) in [5.41, 5.74) is -0.0323. The minimum absolute atomic E-state index is 0.00433. The number of aryl methyl sites for hydroxylation is 1. The van der Waals surface area contributed by atoms with E-state index in [1.165, 1.54) is 29.1 Å². The lowest BCUT2D eigenvalue weighted by Crippen LogP contribution is -2.15. The van der Waals surface area contributed by atoms with E-state index in [2.05, 4.69) is 20.3 Å². The summed E-state index contributed by atoms with van der Waals surface area (Å²) in [4.78, 5) is 30.2. The Morgan fingerprint density at radius 2 is 1.94 bits per heavy atom. The fraction of sp³-hybridized carbons (Fsp3) is 0.182. The number of Topliss-reactive ketones (excluding diaryl/α,β-unsaturated/α-hetero) is 1. The van der Waals surface area contributed by atoms with Crippen molar-refractivity contribution in [3.05, 3.63) is 85.1 Å². The number of carboxylic acids is 1. The van der Waals surface area contributed by atoms with Crippen molar-refractivity contribution < 1.29 is 27.9 Å². The molecule has 14 heteroatoms. The molecule has 0 bridgehead atoms. The van der Waals surface area contributed by atoms with Crippen LogP contribution in [0.25, 0.3) is 5.82 Å². The second kappa shape index (κ2) is 9.97. The van der Waals surface area contributed by atoms with Gasteiger partial charge in [0.25, 0.3) is 0 Å². The molecule has 3 aromatic heterocycles. The summed E-state index contributed by atoms with van der Waals surface area (Å²) in [6.45, 7) is 1.44. The molecular formula is C22H15ClF3IN6O3. The number of alkyl halides is 3. The number of benzene rings is 1. The summed E-state index contributed by atoms with van der Waals surface area (Å²) in [6, 6.07) is 7.72. The monoisotopic (exact) mass is 630 g/mol. The number of halogens is 5. The molecule has 4 rings (SSSR count). The number of carbonyl (C=O) groups excluding carboxylic acids is 1. The average Bonchev–Trinajstić information content (AvgIpc) is 3.43. The molecule has 0 atom stereocenters. The van der Waals surface area contributed by atoms with Crippen LogP contribution in [-0.2, 0) is 19.1 Å². The minimum Gasteiger partial charge on any atom is -0.478 e. The fourth-order valence-electron chi connectivity index (χ4n) is 3.50. The van der Waals surface area contributed by atoms with Gasteiger partial charge >= 0.3 is 12.1 Å². The van der Waals surface area contributed by atoms with Crippen molar-refractivity contribution in [2.45, 2.75) is 26.1 Å². The summed E-state index contributed by atoms with van der Waals surface area (Å²) in [7, 11) is 0. The number of aromatic nitrogens is 6. The number of pyridine rings is 1. The smallest absolute Gasteiger partial charge is 0.436 e. The van der Waals surface area contributed by atoms with Gasteiger partial charge < -0.3 is 5.11 Å². The van der Waals surface area contributed by atoms with E-state index in [1.54, 1.807) is 19.1 Å². The Labute approximate surface area is 220 Å². The average molecular weight is 631 g/mol. The molecule has 0 saturated carbocycles. The van der Waals surface area contributed by atoms with Crippen molar-refractivity contribution in [1.82, 2.24) is 29.8 Å². The lowest BCUT2D eigenvalue weighted by molar-refractivity contribution is -0.141. The molecule has 0 aliphatic rings. The van der Waals surface area contributed by atoms with Crippen LogP contribution < -0.4 is 0 Å². The summed E-state index contributed by atoms with van der Waals surface area (Å²) in [5, 5.41) is 21.2. The number of hydrogen-bond acceptors (Lipinski definition) is 6. The number of ketones is 1. The SMILES string of the molecule is Cc1cc(I)cc(C(=O)O)c1CC(=O)c1cc(Cn2ncc(C(F)(F)F)n2)nn1-c1ncccc1Cl. The van der Waals surface area contributed by atoms with Crippen molar-refractivity contribution >= 4 is 45.9 Å². The summed E-state index contributed by atoms with van der Waals surface area (Å²) in [6.07, 6.45) is -2.90. The predicted octanol–water partition coefficient (Wildman–Crippen LogP) is 4.62. The largest absolute Gasteiger partial charge is 0.478 e. The van der Waals surface area contributed by atoms with Crippen molar-refractivity contribution in [3.63, 3.8) is 0 Å². The van der Waals surface area contributed by atoms with Gasteiger partial charge in [-0.1, -0.05) is 11.6 Å². The number of rotatable bonds is 7. The normalized spacial score (nSPS) is 11.6. The molecule has 0 aliphatic carbocycles. The van der Waals surface area contributed by atoms with Gasteiger partial charge in [-0.2, -0.15) is 28.2 Å². The van der Waals surface area contributed by atoms with Gasteiger partial charge in [0, 0.05) is 16.2 Å². The van der Waals surface area contributed by atoms with Crippen LogP contribution in [-0.4, -0.2) is 46.6 Å². The van der Waals surface area contributed by atoms with Crippen LogP contribution in [0.4, 0.5) is 13.2 Å². The molecule has 0 fully saturated rings. The first-order valence-electron chi connectivity index (χ1n) is 10.2. The van der Waals surface area contributed by atoms with Gasteiger partial charge in [0.2, 0.25) is 0 Å². The molecule has 4 aromatic rings. The molecule has 0 unspecified atom stereocenters. The third kappa shape index (κ3) is 5.41. The molecular weight excluding hydrogens is 616 g/mol. The molecule has 0 spiro atoms. The molecule has 0 saturated heterocycles. The Kier molecular flexibility index (Phi) is 7.13. The Hall–Kier alpha value is -3.33. The van der Waals surface area contributed by atoms with Gasteiger partial charge in [0.1, 0.15) is 12.2 Å². The van der Waals surface area contributed by atoms with Gasteiger partial charge in [-0.15, -0.1) is 5.10 Å². The first-order valence-corrected chi connectivity index (χ1v) is 11.6. The maximum absolute atomic E-state index is 13.4. The van der Waals surface area contributed by atoms with Crippen molar-refractivity contribution in [2.75, 3.05) is 0 Å². The molecule has 1 aromatic carbocycles. The number of carboxylic acid groups (broad SMARTS) is 1. The third-order valence-corrected chi connectivity index (χ3v) is 6.04. The molecule has 36 heavy (non-hydrogen) atoms. The summed E-state index contributed by atoms with van der Waals surface area (Å²) >= 11 is 8.25. The number of carbonyl (C=O) groups is 2. The number of hydrogen-bond donors (Lipinski definition) is 1. The highest BCUT2D eigenvalue weighted by atomic mass is 127. The second-order valence-corrected chi connectivity index (χ2v) is 9.31. The lowest BCUT2D eigenvalue weighted by atomic mass is 9.96. The van der Waals surface area contributed by atoms with Gasteiger partial charge in [0.15, 0.2) is 17.3 Å². The van der Waals surface area contributed by atoms with E-state index >= 15 is 0 Å². The van der Waals surface area contributed by atoms with E-state index in [4.69, 9.17) is 11.6 Å². The van der Waals surface area contributed by atoms with Crippen LogP contribution in [0.5, 0.6) is 0 Å². The Balaban J connectivity index is 1.75. The lowest BCUT2D eigenvalue weighted by Gasteiger charge is -2.11. The quantitative estimate of drug-likeness (QED) is 0.234. The third-order valence-electron chi connectivity index (χ3n) is 5.12. The van der Waals surface area contributed by atoms with Crippen LogP contribution in [0.3, 0.4) is 0 Å². The highest BCUT2D eigenvalue weighted by molar-refractivity contribution is 14.1. The van der Waals surface area contributed by atoms with Crippen molar-refractivity contribution in [1.29, 1.82) is 0 Å². The zero-order valence-electron chi connectivity index (χ0n) is 18.3. The summed E-state index contributed by atoms with van der Waals surface area (Å²) in [5.74, 6) is -1.55. The van der Waals surface area contributed by atoms with E-state index in [1.807, 2.05) is 22.6 Å². The molecule has 0 amide bonds. The van der Waals surface area contributed by atoms with E-state index in [-0.39, 0.29) is 40.8 Å². The number of aromatic carboxylic acids is 1. The van der Waals surface area contributed by atoms with Crippen molar-refractivity contribution in [3.8, 4) is 5.82 Å². The Bertz CT molecular complexity index is 1480. The number of nitrogens with zero attached hydrogens (tertiary/aromatic N) is 6.